The van der Waals surface area contributed by atoms with Gasteiger partial charge in [0.05, 0.1) is 31.5 Å². The molecule has 2 saturated heterocycles. The molecule has 2 aliphatic heterocycles. The van der Waals surface area contributed by atoms with E-state index in [9.17, 15) is 4.79 Å². The average molecular weight is 344 g/mol. The van der Waals surface area contributed by atoms with Gasteiger partial charge in [0.25, 0.3) is 0 Å². The van der Waals surface area contributed by atoms with Crippen molar-refractivity contribution in [1.82, 2.24) is 0 Å². The highest BCUT2D eigenvalue weighted by atomic mass is 16.8. The Morgan fingerprint density at radius 1 is 0.826 bits per heavy atom. The second kappa shape index (κ2) is 10.3. The fraction of sp³-hybridized carbons (Fsp3) is 0.947. The largest absolute Gasteiger partial charge is 0.469 e. The van der Waals surface area contributed by atoms with Gasteiger partial charge in [0, 0.05) is 12.8 Å². The summed E-state index contributed by atoms with van der Waals surface area (Å²) in [5, 5.41) is 0. The lowest BCUT2D eigenvalue weighted by Gasteiger charge is -2.00. The Balaban J connectivity index is 1.35. The van der Waals surface area contributed by atoms with Crippen molar-refractivity contribution in [1.29, 1.82) is 0 Å². The minimum atomic E-state index is -0.0884. The van der Waals surface area contributed by atoms with E-state index >= 15 is 0 Å². The van der Waals surface area contributed by atoms with Gasteiger partial charge in [0.1, 0.15) is 0 Å². The minimum Gasteiger partial charge on any atom is -0.469 e. The number of hydrogen-bond donors (Lipinski definition) is 0. The first-order chi connectivity index (χ1) is 11.2. The molecule has 0 spiro atoms. The molecule has 0 aromatic rings. The summed E-state index contributed by atoms with van der Waals surface area (Å²) in [5.74, 6) is -0.0884. The van der Waals surface area contributed by atoms with E-state index in [0.29, 0.717) is 30.8 Å². The lowest BCUT2D eigenvalue weighted by atomic mass is 11.0. The van der Waals surface area contributed by atoms with Crippen molar-refractivity contribution < 1.29 is 19.0 Å². The first kappa shape index (κ1) is 18.7. The fourth-order valence-electron chi connectivity index (χ4n) is 3.35. The number of rotatable bonds is 14. The summed E-state index contributed by atoms with van der Waals surface area (Å²) in [7, 11) is 1.45. The number of methoxy groups -OCH3 is 1. The van der Waals surface area contributed by atoms with E-state index in [2.05, 4.69) is 11.7 Å². The number of ether oxygens (including phenoxy) is 3. The number of carbonyl (C=O) groups excluding carboxylic acids is 1. The first-order valence-corrected chi connectivity index (χ1v) is 9.62. The Hall–Kier alpha value is -0.610. The molecule has 2 heterocycles. The minimum absolute atomic E-state index is 0.0884. The number of unbranched alkanes of at least 4 members (excludes halogenated alkanes) is 6. The Morgan fingerprint density at radius 3 is 2.00 bits per heavy atom. The van der Waals surface area contributed by atoms with Crippen LogP contribution < -0.4 is 0 Å². The highest BCUT2D eigenvalue weighted by Crippen LogP contribution is 2.39. The zero-order chi connectivity index (χ0) is 16.5. The van der Waals surface area contributed by atoms with Crippen LogP contribution in [0.3, 0.4) is 0 Å². The molecule has 0 saturated carbocycles. The molecular formula is C19H34O4. The molecule has 0 N–H and O–H groups in total. The molecule has 4 nitrogen and oxygen atoms in total. The van der Waals surface area contributed by atoms with E-state index in [1.807, 2.05) is 0 Å². The molecule has 0 bridgehead atoms. The summed E-state index contributed by atoms with van der Waals surface area (Å²) >= 11 is 0. The lowest BCUT2D eigenvalue weighted by molar-refractivity contribution is -0.140. The van der Waals surface area contributed by atoms with Gasteiger partial charge in [-0.15, -0.1) is 0 Å². The van der Waals surface area contributed by atoms with Crippen LogP contribution >= 0.6 is 0 Å². The van der Waals surface area contributed by atoms with Gasteiger partial charge in [0.2, 0.25) is 0 Å². The molecule has 0 radical (unpaired) electrons. The van der Waals surface area contributed by atoms with Crippen molar-refractivity contribution in [3.8, 4) is 0 Å². The fourth-order valence-corrected chi connectivity index (χ4v) is 3.35. The first-order valence-electron chi connectivity index (χ1n) is 9.62. The molecule has 4 unspecified atom stereocenters. The second-order valence-electron chi connectivity index (χ2n) is 7.04. The predicted molar refractivity (Wildman–Crippen MR) is 90.4 cm³/mol. The summed E-state index contributed by atoms with van der Waals surface area (Å²) in [4.78, 5) is 11.0. The third-order valence-electron chi connectivity index (χ3n) is 5.03. The van der Waals surface area contributed by atoms with Crippen molar-refractivity contribution in [2.24, 2.45) is 0 Å². The van der Waals surface area contributed by atoms with Crippen LogP contribution in [0.1, 0.15) is 84.0 Å². The van der Waals surface area contributed by atoms with Crippen LogP contribution in [-0.2, 0) is 19.0 Å². The third-order valence-corrected chi connectivity index (χ3v) is 5.03. The Bertz CT molecular complexity index is 344. The molecule has 4 atom stereocenters. The van der Waals surface area contributed by atoms with Crippen molar-refractivity contribution in [3.63, 3.8) is 0 Å². The molecule has 0 aromatic carbocycles. The van der Waals surface area contributed by atoms with Gasteiger partial charge in [-0.1, -0.05) is 51.9 Å². The van der Waals surface area contributed by atoms with Gasteiger partial charge in [-0.25, -0.2) is 0 Å². The topological polar surface area (TPSA) is 51.4 Å². The maximum atomic E-state index is 11.0. The number of esters is 1. The number of hydrogen-bond acceptors (Lipinski definition) is 4. The van der Waals surface area contributed by atoms with Gasteiger partial charge in [-0.05, 0) is 19.3 Å². The van der Waals surface area contributed by atoms with Crippen molar-refractivity contribution >= 4 is 5.97 Å². The van der Waals surface area contributed by atoms with Crippen molar-refractivity contribution in [3.05, 3.63) is 0 Å². The molecule has 0 aromatic heterocycles. The molecule has 0 amide bonds. The van der Waals surface area contributed by atoms with Crippen LogP contribution in [0.25, 0.3) is 0 Å². The number of epoxide rings is 2. The van der Waals surface area contributed by atoms with Crippen molar-refractivity contribution in [2.45, 2.75) is 108 Å². The van der Waals surface area contributed by atoms with E-state index in [1.54, 1.807) is 0 Å². The maximum absolute atomic E-state index is 11.0. The van der Waals surface area contributed by atoms with E-state index in [-0.39, 0.29) is 5.97 Å². The molecular weight excluding hydrogens is 310 g/mol. The van der Waals surface area contributed by atoms with Gasteiger partial charge in [0.15, 0.2) is 0 Å². The standard InChI is InChI=1S/C19H34O4/c1-3-4-8-11-15-17(22-15)14-18-16(23-18)12-9-6-5-7-10-13-19(20)21-2/h15-18H,3-14H2,1-2H3/i1+1,3+1,4+1,5+1,6+1,7+1,8+1,9+1,10+1,11+1,12+1,13+1,14+1,15+1,16+1,17+1,18+1,19+1. The summed E-state index contributed by atoms with van der Waals surface area (Å²) < 4.78 is 16.2. The zero-order valence-corrected chi connectivity index (χ0v) is 14.9. The Morgan fingerprint density at radius 2 is 1.39 bits per heavy atom. The average Bonchev–Trinajstić information content (AvgIpc) is 3.46. The van der Waals surface area contributed by atoms with Crippen LogP contribution in [0.2, 0.25) is 0 Å². The molecule has 2 aliphatic rings. The SMILES string of the molecule is CO[13C](=O)[13CH2][13CH2][13CH2][13CH2][13CH2][13CH2][13CH2][13CH]1O[13CH]1[13CH2][13CH]1O[13CH]1[13CH2][13CH2][13CH2][13CH2][13CH3]. The summed E-state index contributed by atoms with van der Waals surface area (Å²) in [6.45, 7) is 2.24. The zero-order valence-electron chi connectivity index (χ0n) is 14.9. The highest BCUT2D eigenvalue weighted by Gasteiger charge is 2.47. The van der Waals surface area contributed by atoms with E-state index < -0.39 is 0 Å². The maximum Gasteiger partial charge on any atom is 0.305 e. The van der Waals surface area contributed by atoms with Crippen LogP contribution in [0.5, 0.6) is 0 Å². The highest BCUT2D eigenvalue weighted by molar-refractivity contribution is 5.68. The van der Waals surface area contributed by atoms with Gasteiger partial charge >= 0.3 is 5.97 Å². The monoisotopic (exact) mass is 344 g/mol. The normalized spacial score (nSPS) is 28.6. The smallest absolute Gasteiger partial charge is 0.305 e. The molecule has 0 aliphatic carbocycles. The van der Waals surface area contributed by atoms with E-state index in [1.165, 1.54) is 58.5 Å². The van der Waals surface area contributed by atoms with Crippen LogP contribution in [0.15, 0.2) is 0 Å². The van der Waals surface area contributed by atoms with Gasteiger partial charge < -0.3 is 14.2 Å². The van der Waals surface area contributed by atoms with Crippen LogP contribution in [0.4, 0.5) is 0 Å². The molecule has 4 heteroatoms. The van der Waals surface area contributed by atoms with Gasteiger partial charge in [-0.2, -0.15) is 0 Å². The predicted octanol–water partition coefficient (Wildman–Crippen LogP) is 4.40. The van der Waals surface area contributed by atoms with E-state index in [0.717, 1.165) is 19.3 Å². The van der Waals surface area contributed by atoms with E-state index in [4.69, 9.17) is 9.47 Å². The third kappa shape index (κ3) is 7.67. The van der Waals surface area contributed by atoms with Gasteiger partial charge in [-0.3, -0.25) is 4.79 Å². The molecule has 2 rings (SSSR count). The number of carbonyl (C=O) groups is 1. The van der Waals surface area contributed by atoms with Crippen LogP contribution in [-0.4, -0.2) is 37.5 Å². The van der Waals surface area contributed by atoms with Crippen LogP contribution in [0, 0.1) is 0 Å². The lowest BCUT2D eigenvalue weighted by Crippen LogP contribution is -2.02. The quantitative estimate of drug-likeness (QED) is 0.203. The second-order valence-corrected chi connectivity index (χ2v) is 7.04. The summed E-state index contributed by atoms with van der Waals surface area (Å²) in [5.41, 5.74) is 0. The Kier molecular flexibility index (Phi) is 8.38. The molecule has 134 valence electrons. The Labute approximate surface area is 141 Å². The summed E-state index contributed by atoms with van der Waals surface area (Å²) in [6.07, 6.45) is 15.8. The molecule has 23 heavy (non-hydrogen) atoms. The summed E-state index contributed by atoms with van der Waals surface area (Å²) in [6, 6.07) is 0. The molecule has 2 fully saturated rings. The van der Waals surface area contributed by atoms with Crippen molar-refractivity contribution in [2.75, 3.05) is 7.11 Å².